The number of benzene rings is 1. The van der Waals surface area contributed by atoms with Gasteiger partial charge in [0.25, 0.3) is 0 Å². The molecule has 0 amide bonds. The van der Waals surface area contributed by atoms with Crippen molar-refractivity contribution in [1.82, 2.24) is 0 Å². The van der Waals surface area contributed by atoms with Crippen LogP contribution in [0.25, 0.3) is 0 Å². The summed E-state index contributed by atoms with van der Waals surface area (Å²) in [5.41, 5.74) is 0.132. The van der Waals surface area contributed by atoms with Crippen molar-refractivity contribution in [1.29, 1.82) is 0 Å². The Hall–Kier alpha value is -1.00. The fourth-order valence-corrected chi connectivity index (χ4v) is 1.41. The zero-order valence-corrected chi connectivity index (χ0v) is 12.3. The molecule has 0 spiro atoms. The van der Waals surface area contributed by atoms with E-state index in [1.165, 1.54) is 19.1 Å². The number of halogens is 2. The summed E-state index contributed by atoms with van der Waals surface area (Å²) in [6, 6.07) is 4.55. The topological polar surface area (TPSA) is 52.6 Å². The minimum absolute atomic E-state index is 0. The third-order valence-electron chi connectivity index (χ3n) is 1.79. The molecule has 0 atom stereocenters. The van der Waals surface area contributed by atoms with Crippen molar-refractivity contribution in [2.24, 2.45) is 0 Å². The summed E-state index contributed by atoms with van der Waals surface area (Å²) in [4.78, 5) is 22.3. The fourth-order valence-electron chi connectivity index (χ4n) is 0.949. The molecular weight excluding hydrogens is 343 g/mol. The molecule has 0 unspecified atom stereocenters. The van der Waals surface area contributed by atoms with E-state index in [0.717, 1.165) is 0 Å². The number of rotatable bonds is 4. The number of hydrogen-bond donors (Lipinski definition) is 0. The van der Waals surface area contributed by atoms with E-state index in [0.29, 0.717) is 5.02 Å². The van der Waals surface area contributed by atoms with Gasteiger partial charge in [-0.3, -0.25) is 0 Å². The minimum atomic E-state index is -0.825. The van der Waals surface area contributed by atoms with Crippen LogP contribution in [-0.2, 0) is 31.4 Å². The van der Waals surface area contributed by atoms with Crippen LogP contribution in [0.3, 0.4) is 0 Å². The summed E-state index contributed by atoms with van der Waals surface area (Å²) in [7, 11) is 0. The molecule has 0 bridgehead atoms. The molecule has 0 fully saturated rings. The average Bonchev–Trinajstić information content (AvgIpc) is 2.27. The van der Waals surface area contributed by atoms with E-state index in [9.17, 15) is 9.59 Å². The molecule has 107 valence electrons. The molecule has 0 aliphatic rings. The van der Waals surface area contributed by atoms with Gasteiger partial charge in [-0.2, -0.15) is 0 Å². The maximum Gasteiger partial charge on any atom is 0.352 e. The second-order valence-corrected chi connectivity index (χ2v) is 4.25. The Morgan fingerprint density at radius 3 is 2.47 bits per heavy atom. The first kappa shape index (κ1) is 18.0. The summed E-state index contributed by atoms with van der Waals surface area (Å²) < 4.78 is 9.51. The normalized spacial score (nSPS) is 9.21. The maximum absolute atomic E-state index is 11.2. The number of carbonyl (C=O) groups excluding carboxylic acids is 2. The molecule has 7 heteroatoms. The van der Waals surface area contributed by atoms with Crippen molar-refractivity contribution in [2.45, 2.75) is 6.92 Å². The summed E-state index contributed by atoms with van der Waals surface area (Å²) >= 11 is 11.5. The van der Waals surface area contributed by atoms with E-state index in [-0.39, 0.29) is 33.4 Å². The van der Waals surface area contributed by atoms with Gasteiger partial charge in [-0.05, 0) is 25.1 Å². The molecule has 0 saturated carbocycles. The van der Waals surface area contributed by atoms with Gasteiger partial charge >= 0.3 is 11.9 Å². The Morgan fingerprint density at radius 1 is 1.32 bits per heavy atom. The van der Waals surface area contributed by atoms with Gasteiger partial charge < -0.3 is 9.47 Å². The summed E-state index contributed by atoms with van der Waals surface area (Å²) in [6.45, 7) is 4.35. The van der Waals surface area contributed by atoms with E-state index in [1.807, 2.05) is 0 Å². The van der Waals surface area contributed by atoms with Gasteiger partial charge in [-0.25, -0.2) is 9.59 Å². The molecule has 0 aliphatic carbocycles. The number of ether oxygens (including phenoxy) is 2. The first-order chi connectivity index (χ1) is 8.40. The van der Waals surface area contributed by atoms with Crippen molar-refractivity contribution in [2.75, 3.05) is 6.61 Å². The summed E-state index contributed by atoms with van der Waals surface area (Å²) in [5.74, 6) is -1.33. The standard InChI is InChI=1S/C12H10Cl2O4.Cu/c1-7(2)12(16)18-11(15)6-17-10-4-3-8(13)5-9(10)14;/h3-5H,1,6H2,2H3;. The van der Waals surface area contributed by atoms with Crippen LogP contribution in [0.4, 0.5) is 0 Å². The minimum Gasteiger partial charge on any atom is -0.480 e. The van der Waals surface area contributed by atoms with Crippen LogP contribution >= 0.6 is 23.2 Å². The van der Waals surface area contributed by atoms with Crippen molar-refractivity contribution >= 4 is 35.1 Å². The van der Waals surface area contributed by atoms with Gasteiger partial charge in [0.15, 0.2) is 6.61 Å². The van der Waals surface area contributed by atoms with Gasteiger partial charge in [0, 0.05) is 27.7 Å². The number of esters is 2. The Bertz CT molecular complexity index is 503. The van der Waals surface area contributed by atoms with Crippen LogP contribution < -0.4 is 4.74 Å². The van der Waals surface area contributed by atoms with Crippen LogP contribution in [-0.4, -0.2) is 18.5 Å². The van der Waals surface area contributed by atoms with Gasteiger partial charge in [0.1, 0.15) is 5.75 Å². The van der Waals surface area contributed by atoms with E-state index < -0.39 is 18.5 Å². The zero-order valence-electron chi connectivity index (χ0n) is 9.84. The molecule has 1 aromatic carbocycles. The van der Waals surface area contributed by atoms with Gasteiger partial charge in [0.05, 0.1) is 5.02 Å². The smallest absolute Gasteiger partial charge is 0.352 e. The van der Waals surface area contributed by atoms with Crippen molar-refractivity contribution in [3.8, 4) is 5.75 Å². The molecule has 0 heterocycles. The number of carbonyl (C=O) groups is 2. The Kier molecular flexibility index (Phi) is 7.79. The Labute approximate surface area is 131 Å². The van der Waals surface area contributed by atoms with E-state index in [2.05, 4.69) is 11.3 Å². The number of hydrogen-bond acceptors (Lipinski definition) is 4. The fraction of sp³-hybridized carbons (Fsp3) is 0.167. The average molecular weight is 353 g/mol. The second-order valence-electron chi connectivity index (χ2n) is 3.41. The van der Waals surface area contributed by atoms with E-state index in [4.69, 9.17) is 27.9 Å². The van der Waals surface area contributed by atoms with Gasteiger partial charge in [-0.15, -0.1) is 0 Å². The van der Waals surface area contributed by atoms with Crippen LogP contribution in [0, 0.1) is 0 Å². The summed E-state index contributed by atoms with van der Waals surface area (Å²) in [5, 5.41) is 0.717. The third kappa shape index (κ3) is 6.12. The van der Waals surface area contributed by atoms with Crippen LogP contribution in [0.5, 0.6) is 5.75 Å². The molecule has 0 N–H and O–H groups in total. The molecule has 1 rings (SSSR count). The Balaban J connectivity index is 0.00000324. The van der Waals surface area contributed by atoms with E-state index in [1.54, 1.807) is 6.07 Å². The zero-order chi connectivity index (χ0) is 13.7. The molecule has 0 aromatic heterocycles. The van der Waals surface area contributed by atoms with Crippen molar-refractivity contribution in [3.05, 3.63) is 40.4 Å². The van der Waals surface area contributed by atoms with E-state index >= 15 is 0 Å². The van der Waals surface area contributed by atoms with Crippen LogP contribution in [0.1, 0.15) is 6.92 Å². The summed E-state index contributed by atoms with van der Waals surface area (Å²) in [6.07, 6.45) is 0. The first-order valence-corrected chi connectivity index (χ1v) is 5.64. The quantitative estimate of drug-likeness (QED) is 0.362. The Morgan fingerprint density at radius 2 is 1.95 bits per heavy atom. The van der Waals surface area contributed by atoms with Crippen LogP contribution in [0.15, 0.2) is 30.4 Å². The molecule has 1 aromatic rings. The molecular formula is C12H10Cl2CuO4. The predicted octanol–water partition coefficient (Wildman–Crippen LogP) is 3.02. The predicted molar refractivity (Wildman–Crippen MR) is 67.9 cm³/mol. The monoisotopic (exact) mass is 351 g/mol. The molecule has 4 nitrogen and oxygen atoms in total. The largest absolute Gasteiger partial charge is 0.480 e. The second kappa shape index (κ2) is 8.23. The van der Waals surface area contributed by atoms with Crippen LogP contribution in [0.2, 0.25) is 10.0 Å². The van der Waals surface area contributed by atoms with Gasteiger partial charge in [-0.1, -0.05) is 29.8 Å². The molecule has 0 saturated heterocycles. The van der Waals surface area contributed by atoms with Crippen molar-refractivity contribution < 1.29 is 36.1 Å². The molecule has 1 radical (unpaired) electrons. The maximum atomic E-state index is 11.2. The third-order valence-corrected chi connectivity index (χ3v) is 2.32. The molecule has 19 heavy (non-hydrogen) atoms. The molecule has 0 aliphatic heterocycles. The van der Waals surface area contributed by atoms with Crippen molar-refractivity contribution in [3.63, 3.8) is 0 Å². The SMILES string of the molecule is C=C(C)C(=O)OC(=O)COc1ccc(Cl)cc1Cl.[Cu]. The van der Waals surface area contributed by atoms with Gasteiger partial charge in [0.2, 0.25) is 0 Å². The first-order valence-electron chi connectivity index (χ1n) is 4.88.